The summed E-state index contributed by atoms with van der Waals surface area (Å²) in [6.07, 6.45) is -0.0662. The second-order valence-corrected chi connectivity index (χ2v) is 4.60. The Balaban J connectivity index is 2.48. The molecule has 1 fully saturated rings. The van der Waals surface area contributed by atoms with Crippen molar-refractivity contribution in [3.05, 3.63) is 28.0 Å². The Kier molecular flexibility index (Phi) is 2.80. The van der Waals surface area contributed by atoms with Crippen LogP contribution in [0.4, 0.5) is 10.1 Å². The summed E-state index contributed by atoms with van der Waals surface area (Å²) >= 11 is 3.21. The number of benzene rings is 1. The van der Waals surface area contributed by atoms with E-state index in [0.717, 1.165) is 0 Å². The first-order valence-electron chi connectivity index (χ1n) is 4.77. The van der Waals surface area contributed by atoms with Gasteiger partial charge in [0, 0.05) is 4.47 Å². The minimum atomic E-state index is -0.369. The van der Waals surface area contributed by atoms with Crippen LogP contribution in [-0.4, -0.2) is 18.2 Å². The summed E-state index contributed by atoms with van der Waals surface area (Å²) in [6, 6.07) is 2.63. The standard InChI is InChI=1S/C11H9BrFNO2/c1-6-2-7(13)3-9(12)11(6)14-5-8(15)4-10(14)16/h2-3H,4-5H2,1H3. The molecule has 1 aliphatic rings. The normalized spacial score (nSPS) is 16.1. The van der Waals surface area contributed by atoms with Crippen LogP contribution in [0.25, 0.3) is 0 Å². The maximum Gasteiger partial charge on any atom is 0.234 e. The Morgan fingerprint density at radius 3 is 2.56 bits per heavy atom. The minimum absolute atomic E-state index is 0.0662. The lowest BCUT2D eigenvalue weighted by Crippen LogP contribution is -2.25. The first-order chi connectivity index (χ1) is 7.49. The van der Waals surface area contributed by atoms with E-state index in [1.807, 2.05) is 0 Å². The Bertz CT molecular complexity index is 464. The highest BCUT2D eigenvalue weighted by molar-refractivity contribution is 9.10. The predicted molar refractivity (Wildman–Crippen MR) is 60.8 cm³/mol. The Morgan fingerprint density at radius 1 is 1.38 bits per heavy atom. The van der Waals surface area contributed by atoms with Crippen LogP contribution in [-0.2, 0) is 9.59 Å². The first kappa shape index (κ1) is 11.3. The van der Waals surface area contributed by atoms with Crippen molar-refractivity contribution in [1.29, 1.82) is 0 Å². The van der Waals surface area contributed by atoms with Crippen LogP contribution in [0.3, 0.4) is 0 Å². The molecule has 0 N–H and O–H groups in total. The van der Waals surface area contributed by atoms with Crippen molar-refractivity contribution >= 4 is 33.3 Å². The molecular formula is C11H9BrFNO2. The third-order valence-corrected chi connectivity index (χ3v) is 3.08. The van der Waals surface area contributed by atoms with E-state index in [0.29, 0.717) is 15.7 Å². The number of rotatable bonds is 1. The maximum atomic E-state index is 13.1. The number of carbonyl (C=O) groups is 2. The largest absolute Gasteiger partial charge is 0.303 e. The highest BCUT2D eigenvalue weighted by Crippen LogP contribution is 2.33. The molecule has 0 aromatic heterocycles. The van der Waals surface area contributed by atoms with Crippen molar-refractivity contribution in [2.45, 2.75) is 13.3 Å². The highest BCUT2D eigenvalue weighted by Gasteiger charge is 2.30. The maximum absolute atomic E-state index is 13.1. The van der Waals surface area contributed by atoms with Gasteiger partial charge in [0.15, 0.2) is 5.78 Å². The minimum Gasteiger partial charge on any atom is -0.303 e. The molecule has 2 rings (SSSR count). The lowest BCUT2D eigenvalue weighted by molar-refractivity contribution is -0.121. The van der Waals surface area contributed by atoms with Crippen LogP contribution in [0.5, 0.6) is 0 Å². The summed E-state index contributed by atoms with van der Waals surface area (Å²) < 4.78 is 13.6. The number of Topliss-reactive ketones (excluding diaryl/α,β-unsaturated/α-hetero) is 1. The topological polar surface area (TPSA) is 37.4 Å². The molecule has 5 heteroatoms. The molecule has 1 saturated heterocycles. The monoisotopic (exact) mass is 285 g/mol. The van der Waals surface area contributed by atoms with Crippen LogP contribution < -0.4 is 4.90 Å². The number of hydrogen-bond acceptors (Lipinski definition) is 2. The van der Waals surface area contributed by atoms with Gasteiger partial charge in [-0.15, -0.1) is 0 Å². The van der Waals surface area contributed by atoms with E-state index in [2.05, 4.69) is 15.9 Å². The fourth-order valence-electron chi connectivity index (χ4n) is 1.82. The summed E-state index contributed by atoms with van der Waals surface area (Å²) in [5.74, 6) is -0.716. The molecule has 1 aromatic carbocycles. The highest BCUT2D eigenvalue weighted by atomic mass is 79.9. The second kappa shape index (κ2) is 3.97. The van der Waals surface area contributed by atoms with Crippen molar-refractivity contribution < 1.29 is 14.0 Å². The molecule has 0 bridgehead atoms. The fraction of sp³-hybridized carbons (Fsp3) is 0.273. The molecule has 16 heavy (non-hydrogen) atoms. The van der Waals surface area contributed by atoms with E-state index in [-0.39, 0.29) is 30.5 Å². The van der Waals surface area contributed by atoms with E-state index >= 15 is 0 Å². The molecule has 0 spiro atoms. The number of halogens is 2. The number of nitrogens with zero attached hydrogens (tertiary/aromatic N) is 1. The van der Waals surface area contributed by atoms with Gasteiger partial charge in [-0.2, -0.15) is 0 Å². The van der Waals surface area contributed by atoms with Crippen molar-refractivity contribution in [3.8, 4) is 0 Å². The van der Waals surface area contributed by atoms with Gasteiger partial charge in [0.2, 0.25) is 5.91 Å². The number of carbonyl (C=O) groups excluding carboxylic acids is 2. The number of aryl methyl sites for hydroxylation is 1. The molecule has 1 amide bonds. The van der Waals surface area contributed by atoms with Crippen LogP contribution >= 0.6 is 15.9 Å². The Morgan fingerprint density at radius 2 is 2.06 bits per heavy atom. The van der Waals surface area contributed by atoms with E-state index in [1.165, 1.54) is 17.0 Å². The van der Waals surface area contributed by atoms with E-state index < -0.39 is 0 Å². The molecule has 0 radical (unpaired) electrons. The van der Waals surface area contributed by atoms with Gasteiger partial charge in [-0.05, 0) is 40.5 Å². The molecule has 1 aliphatic heterocycles. The van der Waals surface area contributed by atoms with Crippen molar-refractivity contribution in [2.75, 3.05) is 11.4 Å². The smallest absolute Gasteiger partial charge is 0.234 e. The molecule has 1 heterocycles. The zero-order valence-electron chi connectivity index (χ0n) is 8.59. The van der Waals surface area contributed by atoms with Gasteiger partial charge in [-0.1, -0.05) is 0 Å². The molecule has 84 valence electrons. The quantitative estimate of drug-likeness (QED) is 0.742. The van der Waals surface area contributed by atoms with Gasteiger partial charge >= 0.3 is 0 Å². The molecule has 1 aromatic rings. The summed E-state index contributed by atoms with van der Waals surface area (Å²) in [6.45, 7) is 1.78. The third kappa shape index (κ3) is 1.87. The number of amides is 1. The van der Waals surface area contributed by atoms with Crippen LogP contribution in [0.1, 0.15) is 12.0 Å². The summed E-state index contributed by atoms with van der Waals surface area (Å²) in [4.78, 5) is 24.1. The molecular weight excluding hydrogens is 277 g/mol. The molecule has 0 atom stereocenters. The van der Waals surface area contributed by atoms with E-state index in [1.54, 1.807) is 6.92 Å². The first-order valence-corrected chi connectivity index (χ1v) is 5.56. The molecule has 0 aliphatic carbocycles. The summed E-state index contributed by atoms with van der Waals surface area (Å²) in [5, 5.41) is 0. The molecule has 3 nitrogen and oxygen atoms in total. The zero-order chi connectivity index (χ0) is 11.9. The van der Waals surface area contributed by atoms with E-state index in [9.17, 15) is 14.0 Å². The van der Waals surface area contributed by atoms with Gasteiger partial charge in [0.1, 0.15) is 5.82 Å². The lowest BCUT2D eigenvalue weighted by Gasteiger charge is -2.19. The van der Waals surface area contributed by atoms with Crippen LogP contribution in [0.2, 0.25) is 0 Å². The fourth-order valence-corrected chi connectivity index (χ4v) is 2.57. The average Bonchev–Trinajstić information content (AvgIpc) is 2.43. The Hall–Kier alpha value is -1.23. The van der Waals surface area contributed by atoms with E-state index in [4.69, 9.17) is 0 Å². The summed E-state index contributed by atoms with van der Waals surface area (Å²) in [5.41, 5.74) is 1.21. The second-order valence-electron chi connectivity index (χ2n) is 3.75. The number of hydrogen-bond donors (Lipinski definition) is 0. The van der Waals surface area contributed by atoms with Crippen LogP contribution in [0, 0.1) is 12.7 Å². The van der Waals surface area contributed by atoms with Crippen molar-refractivity contribution in [3.63, 3.8) is 0 Å². The number of ketones is 1. The van der Waals surface area contributed by atoms with Gasteiger partial charge in [0.25, 0.3) is 0 Å². The average molecular weight is 286 g/mol. The summed E-state index contributed by atoms with van der Waals surface area (Å²) in [7, 11) is 0. The van der Waals surface area contributed by atoms with Gasteiger partial charge < -0.3 is 4.90 Å². The zero-order valence-corrected chi connectivity index (χ0v) is 10.2. The van der Waals surface area contributed by atoms with Crippen LogP contribution in [0.15, 0.2) is 16.6 Å². The lowest BCUT2D eigenvalue weighted by atomic mass is 10.2. The SMILES string of the molecule is Cc1cc(F)cc(Br)c1N1CC(=O)CC1=O. The van der Waals surface area contributed by atoms with Gasteiger partial charge in [-0.3, -0.25) is 9.59 Å². The van der Waals surface area contributed by atoms with Crippen molar-refractivity contribution in [1.82, 2.24) is 0 Å². The Labute approximate surface area is 100 Å². The molecule has 0 saturated carbocycles. The molecule has 0 unspecified atom stereocenters. The van der Waals surface area contributed by atoms with Crippen molar-refractivity contribution in [2.24, 2.45) is 0 Å². The predicted octanol–water partition coefficient (Wildman–Crippen LogP) is 2.20. The third-order valence-electron chi connectivity index (χ3n) is 2.47. The number of anilines is 1. The van der Waals surface area contributed by atoms with Gasteiger partial charge in [0.05, 0.1) is 18.7 Å². The van der Waals surface area contributed by atoms with Gasteiger partial charge in [-0.25, -0.2) is 4.39 Å².